The number of nitrogens with zero attached hydrogens (tertiary/aromatic N) is 2. The fourth-order valence-electron chi connectivity index (χ4n) is 5.23. The van der Waals surface area contributed by atoms with Crippen LogP contribution in [0.3, 0.4) is 0 Å². The molecule has 4 rings (SSSR count). The molecule has 1 N–H and O–H groups in total. The van der Waals surface area contributed by atoms with E-state index in [4.69, 9.17) is 4.98 Å². The molecule has 3 heterocycles. The van der Waals surface area contributed by atoms with Crippen LogP contribution in [-0.4, -0.2) is 34.6 Å². The smallest absolute Gasteiger partial charge is 0.314 e. The van der Waals surface area contributed by atoms with Gasteiger partial charge in [-0.15, -0.1) is 11.3 Å². The van der Waals surface area contributed by atoms with E-state index in [-0.39, 0.29) is 0 Å². The Labute approximate surface area is 188 Å². The topological polar surface area (TPSA) is 53.4 Å². The van der Waals surface area contributed by atoms with Crippen molar-refractivity contribution in [1.82, 2.24) is 9.88 Å². The lowest BCUT2D eigenvalue weighted by atomic mass is 9.70. The molecule has 0 saturated carbocycles. The fraction of sp³-hybridized carbons (Fsp3) is 0.462. The summed E-state index contributed by atoms with van der Waals surface area (Å²) in [6, 6.07) is 8.56. The highest BCUT2D eigenvalue weighted by molar-refractivity contribution is 7.19. The number of aryl methyl sites for hydroxylation is 2. The largest absolute Gasteiger partial charge is 0.481 e. The zero-order chi connectivity index (χ0) is 22.3. The zero-order valence-corrected chi connectivity index (χ0v) is 20.0. The van der Waals surface area contributed by atoms with E-state index in [0.717, 1.165) is 53.1 Å². The standard InChI is InChI=1S/C26H32N2O2S/c1-6-13-26(7-2,25(29)30)23-17(4)27-24-22(19-12-14-28(5)15-20(19)31-24)21(23)18-10-8-16(3)9-11-18/h8-11H,6-7,12-15H2,1-5H3,(H,29,30). The summed E-state index contributed by atoms with van der Waals surface area (Å²) < 4.78 is 0. The zero-order valence-electron chi connectivity index (χ0n) is 19.2. The minimum atomic E-state index is -0.930. The average Bonchev–Trinajstić information content (AvgIpc) is 3.08. The molecule has 0 amide bonds. The maximum Gasteiger partial charge on any atom is 0.314 e. The van der Waals surface area contributed by atoms with Crippen LogP contribution < -0.4 is 0 Å². The first-order chi connectivity index (χ1) is 14.8. The predicted octanol–water partition coefficient (Wildman–Crippen LogP) is 6.10. The van der Waals surface area contributed by atoms with Crippen LogP contribution in [0.15, 0.2) is 24.3 Å². The van der Waals surface area contributed by atoms with E-state index in [1.54, 1.807) is 11.3 Å². The van der Waals surface area contributed by atoms with E-state index >= 15 is 0 Å². The molecule has 1 aliphatic heterocycles. The van der Waals surface area contributed by atoms with Crippen LogP contribution in [0.25, 0.3) is 21.3 Å². The summed E-state index contributed by atoms with van der Waals surface area (Å²) in [4.78, 5) is 22.6. The van der Waals surface area contributed by atoms with Crippen molar-refractivity contribution < 1.29 is 9.90 Å². The van der Waals surface area contributed by atoms with Gasteiger partial charge in [0.15, 0.2) is 0 Å². The van der Waals surface area contributed by atoms with E-state index in [1.165, 1.54) is 21.4 Å². The van der Waals surface area contributed by atoms with Gasteiger partial charge in [0.05, 0.1) is 5.41 Å². The number of likely N-dealkylation sites (N-methyl/N-ethyl adjacent to an activating group) is 1. The Morgan fingerprint density at radius 2 is 1.94 bits per heavy atom. The SMILES string of the molecule is CCCC(CC)(C(=O)O)c1c(C)nc2sc3c(c2c1-c1ccc(C)cc1)CCN(C)C3. The van der Waals surface area contributed by atoms with Gasteiger partial charge in [-0.2, -0.15) is 0 Å². The molecule has 164 valence electrons. The third kappa shape index (κ3) is 3.58. The number of carbonyl (C=O) groups is 1. The maximum absolute atomic E-state index is 12.8. The quantitative estimate of drug-likeness (QED) is 0.507. The molecule has 5 heteroatoms. The van der Waals surface area contributed by atoms with Crippen molar-refractivity contribution in [2.24, 2.45) is 0 Å². The summed E-state index contributed by atoms with van der Waals surface area (Å²) in [6.07, 6.45) is 2.96. The van der Waals surface area contributed by atoms with Crippen LogP contribution in [0.1, 0.15) is 60.4 Å². The van der Waals surface area contributed by atoms with Crippen LogP contribution in [0.2, 0.25) is 0 Å². The Kier molecular flexibility index (Phi) is 5.93. The highest BCUT2D eigenvalue weighted by Crippen LogP contribution is 2.48. The van der Waals surface area contributed by atoms with E-state index in [2.05, 4.69) is 50.1 Å². The van der Waals surface area contributed by atoms with Crippen LogP contribution >= 0.6 is 11.3 Å². The van der Waals surface area contributed by atoms with Crippen molar-refractivity contribution in [1.29, 1.82) is 0 Å². The second-order valence-electron chi connectivity index (χ2n) is 8.98. The third-order valence-electron chi connectivity index (χ3n) is 6.87. The monoisotopic (exact) mass is 436 g/mol. The summed E-state index contributed by atoms with van der Waals surface area (Å²) in [7, 11) is 2.16. The molecule has 0 spiro atoms. The molecule has 2 aromatic heterocycles. The fourth-order valence-corrected chi connectivity index (χ4v) is 6.59. The van der Waals surface area contributed by atoms with Gasteiger partial charge in [-0.1, -0.05) is 50.1 Å². The van der Waals surface area contributed by atoms with Gasteiger partial charge in [-0.25, -0.2) is 4.98 Å². The lowest BCUT2D eigenvalue weighted by molar-refractivity contribution is -0.144. The van der Waals surface area contributed by atoms with Gasteiger partial charge in [0.1, 0.15) is 4.83 Å². The average molecular weight is 437 g/mol. The lowest BCUT2D eigenvalue weighted by Gasteiger charge is -2.32. The van der Waals surface area contributed by atoms with Gasteiger partial charge in [0, 0.05) is 29.0 Å². The van der Waals surface area contributed by atoms with Gasteiger partial charge < -0.3 is 10.0 Å². The molecule has 0 bridgehead atoms. The number of pyridine rings is 1. The first-order valence-electron chi connectivity index (χ1n) is 11.3. The summed E-state index contributed by atoms with van der Waals surface area (Å²) >= 11 is 1.78. The normalized spacial score (nSPS) is 16.3. The number of hydrogen-bond acceptors (Lipinski definition) is 4. The third-order valence-corrected chi connectivity index (χ3v) is 7.98. The van der Waals surface area contributed by atoms with Crippen molar-refractivity contribution >= 4 is 27.5 Å². The molecule has 1 unspecified atom stereocenters. The maximum atomic E-state index is 12.8. The van der Waals surface area contributed by atoms with Crippen LogP contribution in [0.5, 0.6) is 0 Å². The van der Waals surface area contributed by atoms with Gasteiger partial charge >= 0.3 is 5.97 Å². The van der Waals surface area contributed by atoms with Crippen molar-refractivity contribution in [3.8, 4) is 11.1 Å². The van der Waals surface area contributed by atoms with E-state index in [0.29, 0.717) is 12.8 Å². The van der Waals surface area contributed by atoms with Crippen LogP contribution in [0, 0.1) is 13.8 Å². The Bertz CT molecular complexity index is 1130. The molecule has 0 radical (unpaired) electrons. The molecular formula is C26H32N2O2S. The first-order valence-corrected chi connectivity index (χ1v) is 12.1. The summed E-state index contributed by atoms with van der Waals surface area (Å²) in [5.74, 6) is -0.738. The lowest BCUT2D eigenvalue weighted by Crippen LogP contribution is -2.37. The van der Waals surface area contributed by atoms with E-state index in [1.807, 2.05) is 13.8 Å². The number of thiophene rings is 1. The summed E-state index contributed by atoms with van der Waals surface area (Å²) in [6.45, 7) is 10.1. The molecule has 0 saturated heterocycles. The van der Waals surface area contributed by atoms with Crippen LogP contribution in [-0.2, 0) is 23.2 Å². The molecular weight excluding hydrogens is 404 g/mol. The Balaban J connectivity index is 2.15. The summed E-state index contributed by atoms with van der Waals surface area (Å²) in [5, 5.41) is 11.7. The van der Waals surface area contributed by atoms with Crippen molar-refractivity contribution in [2.75, 3.05) is 13.6 Å². The van der Waals surface area contributed by atoms with Gasteiger partial charge in [0.25, 0.3) is 0 Å². The van der Waals surface area contributed by atoms with Gasteiger partial charge in [0.2, 0.25) is 0 Å². The van der Waals surface area contributed by atoms with Crippen molar-refractivity contribution in [3.05, 3.63) is 51.5 Å². The number of benzene rings is 1. The number of rotatable bonds is 6. The number of aliphatic carboxylic acids is 1. The molecule has 0 aliphatic carbocycles. The van der Waals surface area contributed by atoms with Crippen molar-refractivity contribution in [2.45, 2.75) is 65.3 Å². The molecule has 0 fully saturated rings. The van der Waals surface area contributed by atoms with E-state index in [9.17, 15) is 9.90 Å². The van der Waals surface area contributed by atoms with Crippen molar-refractivity contribution in [3.63, 3.8) is 0 Å². The number of aromatic nitrogens is 1. The first kappa shape index (κ1) is 22.0. The van der Waals surface area contributed by atoms with Crippen LogP contribution in [0.4, 0.5) is 0 Å². The van der Waals surface area contributed by atoms with E-state index < -0.39 is 11.4 Å². The molecule has 4 nitrogen and oxygen atoms in total. The molecule has 1 atom stereocenters. The molecule has 1 aliphatic rings. The number of carboxylic acids is 1. The second-order valence-corrected chi connectivity index (χ2v) is 10.1. The van der Waals surface area contributed by atoms with Gasteiger partial charge in [-0.3, -0.25) is 4.79 Å². The summed E-state index contributed by atoms with van der Waals surface area (Å²) in [5.41, 5.74) is 5.62. The number of carboxylic acid groups (broad SMARTS) is 1. The Hall–Kier alpha value is -2.24. The molecule has 31 heavy (non-hydrogen) atoms. The second kappa shape index (κ2) is 8.36. The molecule has 3 aromatic rings. The highest BCUT2D eigenvalue weighted by Gasteiger charge is 2.42. The highest BCUT2D eigenvalue weighted by atomic mass is 32.1. The minimum absolute atomic E-state index is 0.554. The van der Waals surface area contributed by atoms with Gasteiger partial charge in [-0.05, 0) is 62.4 Å². The number of fused-ring (bicyclic) bond motifs is 3. The molecule has 1 aromatic carbocycles. The number of hydrogen-bond donors (Lipinski definition) is 1. The Morgan fingerprint density at radius 1 is 1.23 bits per heavy atom. The minimum Gasteiger partial charge on any atom is -0.481 e. The Morgan fingerprint density at radius 3 is 2.55 bits per heavy atom. The predicted molar refractivity (Wildman–Crippen MR) is 129 cm³/mol.